The Morgan fingerprint density at radius 2 is 1.45 bits per heavy atom. The van der Waals surface area contributed by atoms with E-state index in [9.17, 15) is 0 Å². The Morgan fingerprint density at radius 3 is 2.09 bits per heavy atom. The number of ether oxygens (including phenoxy) is 2. The van der Waals surface area contributed by atoms with Crippen molar-refractivity contribution in [2.24, 2.45) is 0 Å². The van der Waals surface area contributed by atoms with Crippen LogP contribution in [0.1, 0.15) is 0 Å². The van der Waals surface area contributed by atoms with Gasteiger partial charge in [0.05, 0.1) is 14.2 Å². The average molecular weight is 310 g/mol. The summed E-state index contributed by atoms with van der Waals surface area (Å²) < 4.78 is 10.9. The number of methoxy groups -OCH3 is 2. The molecule has 112 valence electrons. The Balaban J connectivity index is 2.27. The molecular weight excluding hydrogens is 292 g/mol. The molecule has 3 heteroatoms. The maximum absolute atomic E-state index is 5.43. The molecule has 0 saturated carbocycles. The monoisotopic (exact) mass is 310 g/mol. The zero-order valence-corrected chi connectivity index (χ0v) is 13.7. The Labute approximate surface area is 135 Å². The highest BCUT2D eigenvalue weighted by Gasteiger charge is 2.11. The van der Waals surface area contributed by atoms with Gasteiger partial charge in [0.25, 0.3) is 0 Å². The summed E-state index contributed by atoms with van der Waals surface area (Å²) >= 11 is 1.74. The number of rotatable bonds is 4. The van der Waals surface area contributed by atoms with E-state index in [4.69, 9.17) is 9.47 Å². The average Bonchev–Trinajstić information content (AvgIpc) is 2.60. The van der Waals surface area contributed by atoms with E-state index < -0.39 is 0 Å². The second kappa shape index (κ2) is 6.32. The third kappa shape index (κ3) is 2.64. The molecule has 0 atom stereocenters. The minimum Gasteiger partial charge on any atom is -0.493 e. The van der Waals surface area contributed by atoms with Crippen LogP contribution in [0.25, 0.3) is 21.9 Å². The molecule has 3 rings (SSSR count). The topological polar surface area (TPSA) is 18.5 Å². The molecule has 0 aliphatic heterocycles. The molecule has 0 aliphatic carbocycles. The van der Waals surface area contributed by atoms with E-state index in [0.29, 0.717) is 0 Å². The first-order valence-electron chi connectivity index (χ1n) is 7.06. The lowest BCUT2D eigenvalue weighted by atomic mass is 10.0. The number of benzene rings is 3. The van der Waals surface area contributed by atoms with Crippen LogP contribution in [-0.2, 0) is 0 Å². The molecule has 0 aliphatic rings. The van der Waals surface area contributed by atoms with E-state index >= 15 is 0 Å². The summed E-state index contributed by atoms with van der Waals surface area (Å²) in [6.07, 6.45) is 2.10. The van der Waals surface area contributed by atoms with Gasteiger partial charge in [-0.2, -0.15) is 0 Å². The summed E-state index contributed by atoms with van der Waals surface area (Å²) in [5.41, 5.74) is 2.43. The number of hydrogen-bond donors (Lipinski definition) is 0. The standard InChI is InChI=1S/C19H18O2S/c1-20-17-10-15-9-14(13-7-5-4-6-8-13)11-19(22-3)16(15)12-18(17)21-2/h4-12H,1-3H3. The summed E-state index contributed by atoms with van der Waals surface area (Å²) in [7, 11) is 3.33. The highest BCUT2D eigenvalue weighted by molar-refractivity contribution is 7.98. The molecule has 0 unspecified atom stereocenters. The molecule has 0 saturated heterocycles. The minimum absolute atomic E-state index is 0.757. The molecule has 0 spiro atoms. The quantitative estimate of drug-likeness (QED) is 0.613. The van der Waals surface area contributed by atoms with Crippen molar-refractivity contribution >= 4 is 22.5 Å². The molecule has 3 aromatic rings. The van der Waals surface area contributed by atoms with Crippen LogP contribution in [0.15, 0.2) is 59.5 Å². The van der Waals surface area contributed by atoms with Gasteiger partial charge < -0.3 is 9.47 Å². The van der Waals surface area contributed by atoms with Crippen molar-refractivity contribution in [3.8, 4) is 22.6 Å². The van der Waals surface area contributed by atoms with Crippen molar-refractivity contribution in [2.45, 2.75) is 4.90 Å². The van der Waals surface area contributed by atoms with E-state index in [-0.39, 0.29) is 0 Å². The zero-order chi connectivity index (χ0) is 15.5. The van der Waals surface area contributed by atoms with Crippen molar-refractivity contribution < 1.29 is 9.47 Å². The highest BCUT2D eigenvalue weighted by Crippen LogP contribution is 2.38. The van der Waals surface area contributed by atoms with Gasteiger partial charge in [-0.3, -0.25) is 0 Å². The Bertz CT molecular complexity index is 797. The first kappa shape index (κ1) is 14.8. The Kier molecular flexibility index (Phi) is 4.25. The molecule has 0 aromatic heterocycles. The lowest BCUT2D eigenvalue weighted by Crippen LogP contribution is -1.91. The van der Waals surface area contributed by atoms with Gasteiger partial charge in [-0.1, -0.05) is 30.3 Å². The largest absolute Gasteiger partial charge is 0.493 e. The summed E-state index contributed by atoms with van der Waals surface area (Å²) in [4.78, 5) is 1.23. The Morgan fingerprint density at radius 1 is 0.773 bits per heavy atom. The fourth-order valence-electron chi connectivity index (χ4n) is 2.62. The second-order valence-corrected chi connectivity index (χ2v) is 5.82. The zero-order valence-electron chi connectivity index (χ0n) is 12.9. The van der Waals surface area contributed by atoms with Gasteiger partial charge >= 0.3 is 0 Å². The molecule has 0 radical (unpaired) electrons. The van der Waals surface area contributed by atoms with E-state index in [1.54, 1.807) is 26.0 Å². The van der Waals surface area contributed by atoms with E-state index in [2.05, 4.69) is 48.7 Å². The van der Waals surface area contributed by atoms with Crippen LogP contribution in [0, 0.1) is 0 Å². The SMILES string of the molecule is COc1cc2cc(-c3ccccc3)cc(SC)c2cc1OC. The van der Waals surface area contributed by atoms with E-state index in [1.807, 2.05) is 12.1 Å². The second-order valence-electron chi connectivity index (χ2n) is 4.97. The fourth-order valence-corrected chi connectivity index (χ4v) is 3.26. The summed E-state index contributed by atoms with van der Waals surface area (Å²) in [5, 5.41) is 2.34. The lowest BCUT2D eigenvalue weighted by molar-refractivity contribution is 0.356. The number of hydrogen-bond acceptors (Lipinski definition) is 3. The van der Waals surface area contributed by atoms with Crippen LogP contribution in [0.2, 0.25) is 0 Å². The first-order chi connectivity index (χ1) is 10.8. The van der Waals surface area contributed by atoms with Crippen LogP contribution < -0.4 is 9.47 Å². The first-order valence-corrected chi connectivity index (χ1v) is 8.28. The van der Waals surface area contributed by atoms with Gasteiger partial charge in [0.15, 0.2) is 11.5 Å². The van der Waals surface area contributed by atoms with E-state index in [0.717, 1.165) is 16.9 Å². The number of fused-ring (bicyclic) bond motifs is 1. The van der Waals surface area contributed by atoms with Gasteiger partial charge in [0, 0.05) is 4.90 Å². The molecule has 0 amide bonds. The van der Waals surface area contributed by atoms with Crippen molar-refractivity contribution in [1.82, 2.24) is 0 Å². The predicted molar refractivity (Wildman–Crippen MR) is 94.3 cm³/mol. The molecule has 0 bridgehead atoms. The van der Waals surface area contributed by atoms with Crippen LogP contribution in [-0.4, -0.2) is 20.5 Å². The van der Waals surface area contributed by atoms with Crippen molar-refractivity contribution in [1.29, 1.82) is 0 Å². The third-order valence-corrected chi connectivity index (χ3v) is 4.52. The van der Waals surface area contributed by atoms with Crippen LogP contribution in [0.5, 0.6) is 11.5 Å². The molecule has 22 heavy (non-hydrogen) atoms. The van der Waals surface area contributed by atoms with Crippen LogP contribution in [0.4, 0.5) is 0 Å². The van der Waals surface area contributed by atoms with Gasteiger partial charge in [-0.05, 0) is 52.4 Å². The molecule has 3 aromatic carbocycles. The van der Waals surface area contributed by atoms with Crippen LogP contribution >= 0.6 is 11.8 Å². The maximum Gasteiger partial charge on any atom is 0.161 e. The predicted octanol–water partition coefficient (Wildman–Crippen LogP) is 5.25. The maximum atomic E-state index is 5.43. The van der Waals surface area contributed by atoms with Crippen molar-refractivity contribution in [3.63, 3.8) is 0 Å². The molecule has 0 N–H and O–H groups in total. The van der Waals surface area contributed by atoms with Crippen molar-refractivity contribution in [3.05, 3.63) is 54.6 Å². The third-order valence-electron chi connectivity index (χ3n) is 3.75. The van der Waals surface area contributed by atoms with E-state index in [1.165, 1.54) is 21.4 Å². The van der Waals surface area contributed by atoms with Gasteiger partial charge in [-0.15, -0.1) is 11.8 Å². The summed E-state index contributed by atoms with van der Waals surface area (Å²) in [6.45, 7) is 0. The summed E-state index contributed by atoms with van der Waals surface area (Å²) in [5.74, 6) is 1.52. The normalized spacial score (nSPS) is 10.7. The smallest absolute Gasteiger partial charge is 0.161 e. The fraction of sp³-hybridized carbons (Fsp3) is 0.158. The molecule has 2 nitrogen and oxygen atoms in total. The highest BCUT2D eigenvalue weighted by atomic mass is 32.2. The van der Waals surface area contributed by atoms with Gasteiger partial charge in [-0.25, -0.2) is 0 Å². The minimum atomic E-state index is 0.757. The Hall–Kier alpha value is -2.13. The molecule has 0 heterocycles. The van der Waals surface area contributed by atoms with Crippen LogP contribution in [0.3, 0.4) is 0 Å². The summed E-state index contributed by atoms with van der Waals surface area (Å²) in [6, 6.07) is 18.9. The number of thioether (sulfide) groups is 1. The lowest BCUT2D eigenvalue weighted by Gasteiger charge is -2.13. The molecule has 0 fully saturated rings. The van der Waals surface area contributed by atoms with Crippen molar-refractivity contribution in [2.75, 3.05) is 20.5 Å². The van der Waals surface area contributed by atoms with Gasteiger partial charge in [0.2, 0.25) is 0 Å². The molecular formula is C19H18O2S. The van der Waals surface area contributed by atoms with Gasteiger partial charge in [0.1, 0.15) is 0 Å².